The van der Waals surface area contributed by atoms with Gasteiger partial charge >= 0.3 is 0 Å². The summed E-state index contributed by atoms with van der Waals surface area (Å²) in [5.41, 5.74) is 1.62. The third-order valence-corrected chi connectivity index (χ3v) is 4.61. The van der Waals surface area contributed by atoms with E-state index < -0.39 is 4.92 Å². The van der Waals surface area contributed by atoms with Gasteiger partial charge in [-0.1, -0.05) is 0 Å². The van der Waals surface area contributed by atoms with E-state index in [2.05, 4.69) is 9.80 Å². The number of hydrogen-bond acceptors (Lipinski definition) is 5. The van der Waals surface area contributed by atoms with Crippen molar-refractivity contribution in [1.82, 2.24) is 4.90 Å². The van der Waals surface area contributed by atoms with E-state index in [1.165, 1.54) is 38.1 Å². The first-order valence-corrected chi connectivity index (χ1v) is 7.56. The van der Waals surface area contributed by atoms with Crippen molar-refractivity contribution >= 4 is 11.4 Å². The van der Waals surface area contributed by atoms with Crippen molar-refractivity contribution in [3.05, 3.63) is 33.9 Å². The smallest absolute Gasteiger partial charge is 0.269 e. The number of non-ortho nitro benzene ring substituents is 1. The molecule has 1 atom stereocenters. The topological polar surface area (TPSA) is 69.9 Å². The van der Waals surface area contributed by atoms with Crippen LogP contribution in [0.1, 0.15) is 24.8 Å². The van der Waals surface area contributed by atoms with Crippen LogP contribution >= 0.6 is 0 Å². The van der Waals surface area contributed by atoms with Crippen LogP contribution in [0.5, 0.6) is 0 Å². The third kappa shape index (κ3) is 2.87. The lowest BCUT2D eigenvalue weighted by atomic mass is 10.1. The highest BCUT2D eigenvalue weighted by atomic mass is 16.6. The highest BCUT2D eigenvalue weighted by molar-refractivity contribution is 5.58. The van der Waals surface area contributed by atoms with E-state index in [-0.39, 0.29) is 12.3 Å². The van der Waals surface area contributed by atoms with Gasteiger partial charge in [0.05, 0.1) is 11.5 Å². The first-order chi connectivity index (χ1) is 10.2. The Morgan fingerprint density at radius 2 is 2.05 bits per heavy atom. The summed E-state index contributed by atoms with van der Waals surface area (Å²) in [7, 11) is 0. The third-order valence-electron chi connectivity index (χ3n) is 4.61. The lowest BCUT2D eigenvalue weighted by Crippen LogP contribution is -2.35. The normalized spacial score (nSPS) is 22.9. The molecule has 2 aliphatic heterocycles. The fraction of sp³-hybridized carbons (Fsp3) is 0.600. The molecule has 1 aromatic carbocycles. The minimum Gasteiger partial charge on any atom is -0.392 e. The summed E-state index contributed by atoms with van der Waals surface area (Å²) in [6.45, 7) is 4.11. The molecule has 6 heteroatoms. The van der Waals surface area contributed by atoms with Crippen molar-refractivity contribution in [2.24, 2.45) is 0 Å². The molecule has 114 valence electrons. The van der Waals surface area contributed by atoms with Crippen molar-refractivity contribution in [3.8, 4) is 0 Å². The SMILES string of the molecule is O=[N+]([O-])c1ccc(N2CCC(N3CCCC3)C2)c(CO)c1. The van der Waals surface area contributed by atoms with Crippen molar-refractivity contribution < 1.29 is 10.0 Å². The van der Waals surface area contributed by atoms with Gasteiger partial charge in [0.1, 0.15) is 0 Å². The molecule has 0 radical (unpaired) electrons. The fourth-order valence-electron chi connectivity index (χ4n) is 3.49. The summed E-state index contributed by atoms with van der Waals surface area (Å²) in [6, 6.07) is 5.36. The molecule has 1 unspecified atom stereocenters. The number of hydrogen-bond donors (Lipinski definition) is 1. The number of likely N-dealkylation sites (tertiary alicyclic amines) is 1. The first-order valence-electron chi connectivity index (χ1n) is 7.56. The van der Waals surface area contributed by atoms with Gasteiger partial charge in [-0.15, -0.1) is 0 Å². The van der Waals surface area contributed by atoms with E-state index in [9.17, 15) is 15.2 Å². The molecule has 0 bridgehead atoms. The van der Waals surface area contributed by atoms with Gasteiger partial charge in [-0.2, -0.15) is 0 Å². The van der Waals surface area contributed by atoms with E-state index in [1.807, 2.05) is 0 Å². The molecular weight excluding hydrogens is 270 g/mol. The van der Waals surface area contributed by atoms with Gasteiger partial charge in [0.25, 0.3) is 5.69 Å². The zero-order chi connectivity index (χ0) is 14.8. The van der Waals surface area contributed by atoms with Crippen molar-refractivity contribution in [2.45, 2.75) is 31.9 Å². The Morgan fingerprint density at radius 1 is 1.29 bits per heavy atom. The molecule has 0 aromatic heterocycles. The molecule has 2 saturated heterocycles. The van der Waals surface area contributed by atoms with Gasteiger partial charge in [-0.05, 0) is 38.4 Å². The average Bonchev–Trinajstić information content (AvgIpc) is 3.17. The highest BCUT2D eigenvalue weighted by Gasteiger charge is 2.30. The van der Waals surface area contributed by atoms with Crippen LogP contribution in [0.3, 0.4) is 0 Å². The minimum atomic E-state index is -0.417. The van der Waals surface area contributed by atoms with Crippen molar-refractivity contribution in [2.75, 3.05) is 31.1 Å². The van der Waals surface area contributed by atoms with Gasteiger partial charge in [0, 0.05) is 42.5 Å². The maximum Gasteiger partial charge on any atom is 0.269 e. The van der Waals surface area contributed by atoms with Crippen LogP contribution in [0.15, 0.2) is 18.2 Å². The minimum absolute atomic E-state index is 0.0399. The molecule has 2 heterocycles. The maximum absolute atomic E-state index is 10.8. The molecule has 3 rings (SSSR count). The highest BCUT2D eigenvalue weighted by Crippen LogP contribution is 2.30. The van der Waals surface area contributed by atoms with Crippen LogP contribution in [0.25, 0.3) is 0 Å². The van der Waals surface area contributed by atoms with Crippen LogP contribution in [-0.2, 0) is 6.61 Å². The number of anilines is 1. The van der Waals surface area contributed by atoms with Gasteiger partial charge in [-0.25, -0.2) is 0 Å². The van der Waals surface area contributed by atoms with E-state index in [1.54, 1.807) is 6.07 Å². The molecule has 0 amide bonds. The summed E-state index contributed by atoms with van der Waals surface area (Å²) < 4.78 is 0. The Hall–Kier alpha value is -1.66. The number of benzene rings is 1. The van der Waals surface area contributed by atoms with E-state index >= 15 is 0 Å². The number of nitro benzene ring substituents is 1. The van der Waals surface area contributed by atoms with Crippen LogP contribution in [0, 0.1) is 10.1 Å². The molecule has 0 aliphatic carbocycles. The Morgan fingerprint density at radius 3 is 2.71 bits per heavy atom. The van der Waals surface area contributed by atoms with Crippen molar-refractivity contribution in [1.29, 1.82) is 0 Å². The lowest BCUT2D eigenvalue weighted by molar-refractivity contribution is -0.384. The molecule has 6 nitrogen and oxygen atoms in total. The van der Waals surface area contributed by atoms with Crippen LogP contribution in [0.2, 0.25) is 0 Å². The Labute approximate surface area is 124 Å². The summed E-state index contributed by atoms with van der Waals surface area (Å²) in [5.74, 6) is 0. The molecule has 1 N–H and O–H groups in total. The zero-order valence-corrected chi connectivity index (χ0v) is 12.1. The fourth-order valence-corrected chi connectivity index (χ4v) is 3.49. The molecule has 0 spiro atoms. The molecule has 21 heavy (non-hydrogen) atoms. The Balaban J connectivity index is 1.76. The maximum atomic E-state index is 10.8. The Bertz CT molecular complexity index is 529. The van der Waals surface area contributed by atoms with Crippen LogP contribution in [-0.4, -0.2) is 47.2 Å². The summed E-state index contributed by atoms with van der Waals surface area (Å²) in [6.07, 6.45) is 3.70. The molecule has 0 saturated carbocycles. The van der Waals surface area contributed by atoms with Gasteiger partial charge in [-0.3, -0.25) is 15.0 Å². The average molecular weight is 291 g/mol. The predicted octanol–water partition coefficient (Wildman–Crippen LogP) is 1.76. The van der Waals surface area contributed by atoms with Gasteiger partial charge in [0.15, 0.2) is 0 Å². The standard InChI is InChI=1S/C15H21N3O3/c19-11-12-9-13(18(20)21)3-4-15(12)17-8-5-14(10-17)16-6-1-2-7-16/h3-4,9,14,19H,1-2,5-8,10-11H2. The van der Waals surface area contributed by atoms with Gasteiger partial charge in [0.2, 0.25) is 0 Å². The lowest BCUT2D eigenvalue weighted by Gasteiger charge is -2.25. The van der Waals surface area contributed by atoms with Crippen LogP contribution < -0.4 is 4.90 Å². The summed E-state index contributed by atoms with van der Waals surface area (Å²) in [5, 5.41) is 20.3. The van der Waals surface area contributed by atoms with Crippen molar-refractivity contribution in [3.63, 3.8) is 0 Å². The van der Waals surface area contributed by atoms with E-state index in [0.717, 1.165) is 25.2 Å². The van der Waals surface area contributed by atoms with Gasteiger partial charge < -0.3 is 10.0 Å². The largest absolute Gasteiger partial charge is 0.392 e. The molecule has 1 aromatic rings. The Kier molecular flexibility index (Phi) is 4.07. The van der Waals surface area contributed by atoms with E-state index in [0.29, 0.717) is 11.6 Å². The monoisotopic (exact) mass is 291 g/mol. The summed E-state index contributed by atoms with van der Waals surface area (Å²) in [4.78, 5) is 15.2. The van der Waals surface area contributed by atoms with E-state index in [4.69, 9.17) is 0 Å². The molecular formula is C15H21N3O3. The zero-order valence-electron chi connectivity index (χ0n) is 12.1. The second-order valence-electron chi connectivity index (χ2n) is 5.86. The predicted molar refractivity (Wildman–Crippen MR) is 80.4 cm³/mol. The second-order valence-corrected chi connectivity index (χ2v) is 5.86. The summed E-state index contributed by atoms with van der Waals surface area (Å²) >= 11 is 0. The number of nitro groups is 1. The second kappa shape index (κ2) is 5.99. The number of nitrogens with zero attached hydrogens (tertiary/aromatic N) is 3. The number of aliphatic hydroxyl groups is 1. The molecule has 2 fully saturated rings. The first kappa shape index (κ1) is 14.3. The quantitative estimate of drug-likeness (QED) is 0.676. The number of aliphatic hydroxyl groups excluding tert-OH is 1. The van der Waals surface area contributed by atoms with Crippen LogP contribution in [0.4, 0.5) is 11.4 Å². The number of rotatable bonds is 4. The molecule has 2 aliphatic rings.